The van der Waals surface area contributed by atoms with Gasteiger partial charge in [-0.15, -0.1) is 0 Å². The lowest BCUT2D eigenvalue weighted by atomic mass is 10.1. The van der Waals surface area contributed by atoms with Crippen LogP contribution in [-0.4, -0.2) is 21.4 Å². The first-order valence-corrected chi connectivity index (χ1v) is 8.20. The standard InChI is InChI=1S/C16H15BrF3N3O/c1-9-2-3-10(12(17)6-9)7-23-5-4-13-11(8-23)14(24)22-15(21-13)16(18,19)20/h2-3,6H,4-5,7-8H2,1H3,(H,21,22,24). The number of fused-ring (bicyclic) bond motifs is 1. The van der Waals surface area contributed by atoms with Crippen molar-refractivity contribution in [1.82, 2.24) is 14.9 Å². The van der Waals surface area contributed by atoms with Gasteiger partial charge in [0, 0.05) is 30.5 Å². The molecular weight excluding hydrogens is 387 g/mol. The molecule has 2 aromatic rings. The topological polar surface area (TPSA) is 49.0 Å². The molecule has 0 atom stereocenters. The van der Waals surface area contributed by atoms with Crippen LogP contribution in [0.2, 0.25) is 0 Å². The van der Waals surface area contributed by atoms with Gasteiger partial charge in [-0.3, -0.25) is 9.69 Å². The average molecular weight is 402 g/mol. The fraction of sp³-hybridized carbons (Fsp3) is 0.375. The maximum atomic E-state index is 12.7. The Bertz CT molecular complexity index is 832. The summed E-state index contributed by atoms with van der Waals surface area (Å²) in [5, 5.41) is 0. The highest BCUT2D eigenvalue weighted by Gasteiger charge is 2.35. The van der Waals surface area contributed by atoms with Crippen LogP contribution in [-0.2, 0) is 25.7 Å². The number of aromatic amines is 1. The third-order valence-electron chi connectivity index (χ3n) is 4.02. The molecule has 0 radical (unpaired) electrons. The van der Waals surface area contributed by atoms with Crippen molar-refractivity contribution in [2.24, 2.45) is 0 Å². The van der Waals surface area contributed by atoms with Gasteiger partial charge in [-0.2, -0.15) is 13.2 Å². The third-order valence-corrected chi connectivity index (χ3v) is 4.76. The molecule has 1 aliphatic rings. The summed E-state index contributed by atoms with van der Waals surface area (Å²) < 4.78 is 39.2. The van der Waals surface area contributed by atoms with Crippen LogP contribution >= 0.6 is 15.9 Å². The Hall–Kier alpha value is -1.67. The van der Waals surface area contributed by atoms with Gasteiger partial charge in [-0.1, -0.05) is 28.1 Å². The summed E-state index contributed by atoms with van der Waals surface area (Å²) in [7, 11) is 0. The van der Waals surface area contributed by atoms with Crippen molar-refractivity contribution in [2.75, 3.05) is 6.54 Å². The number of nitrogens with one attached hydrogen (secondary N) is 1. The van der Waals surface area contributed by atoms with Gasteiger partial charge >= 0.3 is 6.18 Å². The van der Waals surface area contributed by atoms with E-state index in [1.54, 1.807) is 0 Å². The van der Waals surface area contributed by atoms with E-state index in [1.807, 2.05) is 35.0 Å². The quantitative estimate of drug-likeness (QED) is 0.838. The predicted molar refractivity (Wildman–Crippen MR) is 86.6 cm³/mol. The number of alkyl halides is 3. The molecule has 1 aromatic carbocycles. The summed E-state index contributed by atoms with van der Waals surface area (Å²) in [4.78, 5) is 19.5. The molecule has 0 fully saturated rings. The molecule has 2 heterocycles. The zero-order chi connectivity index (χ0) is 17.5. The Morgan fingerprint density at radius 3 is 2.79 bits per heavy atom. The van der Waals surface area contributed by atoms with Crippen LogP contribution in [0.4, 0.5) is 13.2 Å². The van der Waals surface area contributed by atoms with E-state index in [9.17, 15) is 18.0 Å². The van der Waals surface area contributed by atoms with Gasteiger partial charge in [0.1, 0.15) is 0 Å². The van der Waals surface area contributed by atoms with E-state index in [2.05, 4.69) is 20.9 Å². The number of benzene rings is 1. The highest BCUT2D eigenvalue weighted by atomic mass is 79.9. The van der Waals surface area contributed by atoms with Crippen molar-refractivity contribution < 1.29 is 13.2 Å². The first kappa shape index (κ1) is 17.2. The summed E-state index contributed by atoms with van der Waals surface area (Å²) in [6.07, 6.45) is -4.32. The number of aromatic nitrogens is 2. The summed E-state index contributed by atoms with van der Waals surface area (Å²) in [6, 6.07) is 6.02. The number of rotatable bonds is 2. The van der Waals surface area contributed by atoms with Gasteiger partial charge in [-0.25, -0.2) is 4.98 Å². The van der Waals surface area contributed by atoms with Crippen LogP contribution in [0.15, 0.2) is 27.5 Å². The van der Waals surface area contributed by atoms with Crippen LogP contribution in [0.5, 0.6) is 0 Å². The number of halogens is 4. The van der Waals surface area contributed by atoms with Crippen LogP contribution < -0.4 is 5.56 Å². The molecule has 4 nitrogen and oxygen atoms in total. The van der Waals surface area contributed by atoms with Gasteiger partial charge in [0.15, 0.2) is 0 Å². The fourth-order valence-electron chi connectivity index (χ4n) is 2.77. The maximum absolute atomic E-state index is 12.7. The average Bonchev–Trinajstić information content (AvgIpc) is 2.49. The molecule has 0 saturated carbocycles. The molecule has 128 valence electrons. The minimum absolute atomic E-state index is 0.241. The van der Waals surface area contributed by atoms with E-state index in [1.165, 1.54) is 0 Å². The lowest BCUT2D eigenvalue weighted by Gasteiger charge is -2.28. The highest BCUT2D eigenvalue weighted by Crippen LogP contribution is 2.27. The number of hydrogen-bond donors (Lipinski definition) is 1. The van der Waals surface area contributed by atoms with Crippen LogP contribution in [0.25, 0.3) is 0 Å². The number of hydrogen-bond acceptors (Lipinski definition) is 3. The normalized spacial score (nSPS) is 15.4. The number of aryl methyl sites for hydroxylation is 1. The second-order valence-corrected chi connectivity index (χ2v) is 6.75. The van der Waals surface area contributed by atoms with Gasteiger partial charge < -0.3 is 4.98 Å². The Morgan fingerprint density at radius 2 is 2.12 bits per heavy atom. The van der Waals surface area contributed by atoms with Crippen molar-refractivity contribution in [3.05, 3.63) is 61.2 Å². The highest BCUT2D eigenvalue weighted by molar-refractivity contribution is 9.10. The minimum atomic E-state index is -4.64. The largest absolute Gasteiger partial charge is 0.449 e. The van der Waals surface area contributed by atoms with Crippen LogP contribution in [0.1, 0.15) is 28.2 Å². The second kappa shape index (κ2) is 6.33. The molecule has 1 aliphatic heterocycles. The molecule has 0 amide bonds. The fourth-order valence-corrected chi connectivity index (χ4v) is 3.39. The third kappa shape index (κ3) is 3.54. The first-order valence-electron chi connectivity index (χ1n) is 7.40. The first-order chi connectivity index (χ1) is 11.2. The molecule has 0 saturated heterocycles. The SMILES string of the molecule is Cc1ccc(CN2CCc3nc(C(F)(F)F)[nH]c(=O)c3C2)c(Br)c1. The minimum Gasteiger partial charge on any atom is -0.303 e. The van der Waals surface area contributed by atoms with Gasteiger partial charge in [-0.05, 0) is 24.1 Å². The Morgan fingerprint density at radius 1 is 1.38 bits per heavy atom. The van der Waals surface area contributed by atoms with E-state index >= 15 is 0 Å². The molecule has 0 aliphatic carbocycles. The van der Waals surface area contributed by atoms with Crippen molar-refractivity contribution in [2.45, 2.75) is 32.6 Å². The van der Waals surface area contributed by atoms with Crippen molar-refractivity contribution in [1.29, 1.82) is 0 Å². The van der Waals surface area contributed by atoms with E-state index < -0.39 is 17.6 Å². The van der Waals surface area contributed by atoms with Gasteiger partial charge in [0.2, 0.25) is 5.82 Å². The molecule has 8 heteroatoms. The molecule has 1 aromatic heterocycles. The zero-order valence-corrected chi connectivity index (χ0v) is 14.5. The maximum Gasteiger partial charge on any atom is 0.449 e. The van der Waals surface area contributed by atoms with E-state index in [4.69, 9.17) is 0 Å². The monoisotopic (exact) mass is 401 g/mol. The van der Waals surface area contributed by atoms with E-state index in [0.29, 0.717) is 25.1 Å². The Balaban J connectivity index is 1.83. The molecule has 0 bridgehead atoms. The Labute approximate surface area is 144 Å². The van der Waals surface area contributed by atoms with Crippen molar-refractivity contribution in [3.63, 3.8) is 0 Å². The zero-order valence-electron chi connectivity index (χ0n) is 12.9. The smallest absolute Gasteiger partial charge is 0.303 e. The summed E-state index contributed by atoms with van der Waals surface area (Å²) >= 11 is 3.52. The van der Waals surface area contributed by atoms with Gasteiger partial charge in [0.05, 0.1) is 11.3 Å². The molecule has 0 unspecified atom stereocenters. The number of nitrogens with zero attached hydrogens (tertiary/aromatic N) is 2. The predicted octanol–water partition coefficient (Wildman–Crippen LogP) is 3.42. The van der Waals surface area contributed by atoms with Crippen molar-refractivity contribution in [3.8, 4) is 0 Å². The summed E-state index contributed by atoms with van der Waals surface area (Å²) in [5.74, 6) is -1.22. The molecule has 24 heavy (non-hydrogen) atoms. The number of H-pyrrole nitrogens is 1. The molecule has 3 rings (SSSR count). The Kier molecular flexibility index (Phi) is 4.52. The molecule has 0 spiro atoms. The van der Waals surface area contributed by atoms with Crippen LogP contribution in [0.3, 0.4) is 0 Å². The molecule has 1 N–H and O–H groups in total. The lowest BCUT2D eigenvalue weighted by Crippen LogP contribution is -2.36. The second-order valence-electron chi connectivity index (χ2n) is 5.89. The lowest BCUT2D eigenvalue weighted by molar-refractivity contribution is -0.145. The van der Waals surface area contributed by atoms with Crippen LogP contribution in [0, 0.1) is 6.92 Å². The summed E-state index contributed by atoms with van der Waals surface area (Å²) in [5.41, 5.74) is 2.05. The van der Waals surface area contributed by atoms with E-state index in [0.717, 1.165) is 15.6 Å². The molecular formula is C16H15BrF3N3O. The van der Waals surface area contributed by atoms with E-state index in [-0.39, 0.29) is 12.2 Å². The van der Waals surface area contributed by atoms with Gasteiger partial charge in [0.25, 0.3) is 5.56 Å². The van der Waals surface area contributed by atoms with Crippen molar-refractivity contribution >= 4 is 15.9 Å². The summed E-state index contributed by atoms with van der Waals surface area (Å²) in [6.45, 7) is 3.45.